The van der Waals surface area contributed by atoms with Crippen molar-refractivity contribution in [1.82, 2.24) is 0 Å². The number of methoxy groups -OCH3 is 1. The van der Waals surface area contributed by atoms with Crippen LogP contribution in [0.4, 0.5) is 0 Å². The van der Waals surface area contributed by atoms with Crippen LogP contribution in [-0.4, -0.2) is 25.5 Å². The fourth-order valence-corrected chi connectivity index (χ4v) is 2.76. The van der Waals surface area contributed by atoms with Crippen molar-refractivity contribution in [3.8, 4) is 0 Å². The van der Waals surface area contributed by atoms with Crippen LogP contribution in [0.3, 0.4) is 0 Å². The summed E-state index contributed by atoms with van der Waals surface area (Å²) in [5.41, 5.74) is 2.94. The molecule has 2 aromatic rings. The molecule has 1 heterocycles. The molecule has 0 unspecified atom stereocenters. The van der Waals surface area contributed by atoms with Crippen molar-refractivity contribution in [3.63, 3.8) is 0 Å². The molecule has 0 saturated heterocycles. The number of ether oxygens (including phenoxy) is 2. The molecule has 0 aromatic heterocycles. The molecule has 4 heteroatoms. The third kappa shape index (κ3) is 3.48. The molecule has 0 saturated carbocycles. The summed E-state index contributed by atoms with van der Waals surface area (Å²) in [5.74, 6) is 0.645. The highest BCUT2D eigenvalue weighted by atomic mass is 16.5. The number of nitrogens with zero attached hydrogens (tertiary/aromatic N) is 1. The first-order valence-electron chi connectivity index (χ1n) is 8.46. The van der Waals surface area contributed by atoms with Gasteiger partial charge < -0.3 is 9.47 Å². The molecule has 0 N–H and O–H groups in total. The summed E-state index contributed by atoms with van der Waals surface area (Å²) in [6.07, 6.45) is 2.06. The minimum Gasteiger partial charge on any atom is -0.465 e. The van der Waals surface area contributed by atoms with Crippen LogP contribution in [0.5, 0.6) is 0 Å². The van der Waals surface area contributed by atoms with Crippen LogP contribution >= 0.6 is 0 Å². The van der Waals surface area contributed by atoms with E-state index in [1.165, 1.54) is 7.11 Å². The van der Waals surface area contributed by atoms with Crippen LogP contribution in [0.25, 0.3) is 11.3 Å². The van der Waals surface area contributed by atoms with Gasteiger partial charge in [0.05, 0.1) is 7.11 Å². The van der Waals surface area contributed by atoms with Gasteiger partial charge in [0.25, 0.3) is 0 Å². The van der Waals surface area contributed by atoms with E-state index in [1.807, 2.05) is 54.6 Å². The normalized spacial score (nSPS) is 16.3. The van der Waals surface area contributed by atoms with Gasteiger partial charge in [-0.25, -0.2) is 4.79 Å². The molecule has 0 atom stereocenters. The van der Waals surface area contributed by atoms with Crippen molar-refractivity contribution in [2.75, 3.05) is 13.7 Å². The molecule has 0 amide bonds. The summed E-state index contributed by atoms with van der Waals surface area (Å²) >= 11 is 0. The number of hydrogen-bond donors (Lipinski definition) is 0. The molecule has 1 aliphatic rings. The van der Waals surface area contributed by atoms with Gasteiger partial charge in [-0.3, -0.25) is 4.99 Å². The number of fused-ring (bicyclic) bond motifs is 1. The van der Waals surface area contributed by atoms with Crippen LogP contribution in [0, 0.1) is 0 Å². The van der Waals surface area contributed by atoms with Gasteiger partial charge in [-0.1, -0.05) is 61.9 Å². The Morgan fingerprint density at radius 1 is 1.04 bits per heavy atom. The lowest BCUT2D eigenvalue weighted by Gasteiger charge is -2.10. The molecule has 0 aliphatic carbocycles. The predicted octanol–water partition coefficient (Wildman–Crippen LogP) is 4.30. The van der Waals surface area contributed by atoms with E-state index in [4.69, 9.17) is 9.47 Å². The molecule has 0 radical (unpaired) electrons. The van der Waals surface area contributed by atoms with Gasteiger partial charge in [0, 0.05) is 17.7 Å². The van der Waals surface area contributed by atoms with Gasteiger partial charge in [0.2, 0.25) is 5.90 Å². The van der Waals surface area contributed by atoms with Crippen molar-refractivity contribution < 1.29 is 14.3 Å². The second-order valence-electron chi connectivity index (χ2n) is 5.75. The number of unbranched alkanes of at least 4 members (excludes halogenated alkanes) is 1. The fourth-order valence-electron chi connectivity index (χ4n) is 2.76. The molecular formula is C21H21NO3. The highest BCUT2D eigenvalue weighted by Crippen LogP contribution is 2.36. The monoisotopic (exact) mass is 335 g/mol. The number of rotatable bonds is 5. The Kier molecular flexibility index (Phi) is 5.29. The van der Waals surface area contributed by atoms with E-state index in [9.17, 15) is 4.79 Å². The minimum atomic E-state index is -0.425. The van der Waals surface area contributed by atoms with E-state index in [1.54, 1.807) is 0 Å². The molecule has 128 valence electrons. The van der Waals surface area contributed by atoms with Gasteiger partial charge in [-0.15, -0.1) is 0 Å². The zero-order valence-electron chi connectivity index (χ0n) is 14.5. The average molecular weight is 335 g/mol. The summed E-state index contributed by atoms with van der Waals surface area (Å²) in [4.78, 5) is 17.1. The maximum atomic E-state index is 12.5. The van der Waals surface area contributed by atoms with Gasteiger partial charge in [0.1, 0.15) is 5.57 Å². The Balaban J connectivity index is 2.15. The number of carbonyl (C=O) groups is 1. The first-order chi connectivity index (χ1) is 12.3. The molecule has 2 aromatic carbocycles. The Hall–Kier alpha value is -2.88. The van der Waals surface area contributed by atoms with Crippen LogP contribution in [0.1, 0.15) is 36.5 Å². The van der Waals surface area contributed by atoms with Crippen LogP contribution in [0.2, 0.25) is 0 Å². The topological polar surface area (TPSA) is 47.9 Å². The van der Waals surface area contributed by atoms with E-state index in [-0.39, 0.29) is 0 Å². The first kappa shape index (κ1) is 17.0. The Morgan fingerprint density at radius 2 is 1.72 bits per heavy atom. The molecule has 0 spiro atoms. The van der Waals surface area contributed by atoms with E-state index in [0.29, 0.717) is 23.8 Å². The summed E-state index contributed by atoms with van der Waals surface area (Å²) < 4.78 is 11.1. The van der Waals surface area contributed by atoms with Gasteiger partial charge in [0.15, 0.2) is 5.76 Å². The molecule has 4 nitrogen and oxygen atoms in total. The number of hydrogen-bond acceptors (Lipinski definition) is 4. The summed E-state index contributed by atoms with van der Waals surface area (Å²) in [6, 6.07) is 17.2. The number of carbonyl (C=O) groups excluding carboxylic acids is 1. The van der Waals surface area contributed by atoms with E-state index in [2.05, 4.69) is 11.9 Å². The third-order valence-corrected chi connectivity index (χ3v) is 4.05. The highest BCUT2D eigenvalue weighted by molar-refractivity contribution is 6.26. The lowest BCUT2D eigenvalue weighted by atomic mass is 9.99. The van der Waals surface area contributed by atoms with Crippen molar-refractivity contribution in [3.05, 3.63) is 71.3 Å². The van der Waals surface area contributed by atoms with Crippen molar-refractivity contribution in [2.24, 2.45) is 4.99 Å². The maximum absolute atomic E-state index is 12.5. The summed E-state index contributed by atoms with van der Waals surface area (Å²) in [5, 5.41) is 0. The third-order valence-electron chi connectivity index (χ3n) is 4.05. The number of esters is 1. The number of benzene rings is 2. The van der Waals surface area contributed by atoms with E-state index < -0.39 is 5.97 Å². The zero-order valence-corrected chi connectivity index (χ0v) is 14.5. The van der Waals surface area contributed by atoms with Crippen molar-refractivity contribution in [1.29, 1.82) is 0 Å². The quantitative estimate of drug-likeness (QED) is 0.465. The maximum Gasteiger partial charge on any atom is 0.342 e. The lowest BCUT2D eigenvalue weighted by molar-refractivity contribution is -0.133. The molecule has 0 fully saturated rings. The number of aliphatic imine (C=N–C) groups is 1. The smallest absolute Gasteiger partial charge is 0.342 e. The fraction of sp³-hybridized carbons (Fsp3) is 0.238. The first-order valence-corrected chi connectivity index (χ1v) is 8.46. The molecule has 1 aliphatic heterocycles. The summed E-state index contributed by atoms with van der Waals surface area (Å²) in [7, 11) is 1.38. The van der Waals surface area contributed by atoms with Gasteiger partial charge in [-0.05, 0) is 18.1 Å². The van der Waals surface area contributed by atoms with E-state index in [0.717, 1.165) is 29.5 Å². The van der Waals surface area contributed by atoms with Crippen LogP contribution in [0.15, 0.2) is 59.6 Å². The molecular weight excluding hydrogens is 314 g/mol. The molecule has 3 rings (SSSR count). The van der Waals surface area contributed by atoms with Crippen molar-refractivity contribution >= 4 is 23.2 Å². The van der Waals surface area contributed by atoms with Gasteiger partial charge in [-0.2, -0.15) is 0 Å². The predicted molar refractivity (Wildman–Crippen MR) is 99.1 cm³/mol. The Labute approximate surface area is 147 Å². The Morgan fingerprint density at radius 3 is 2.40 bits per heavy atom. The zero-order chi connectivity index (χ0) is 17.6. The minimum absolute atomic E-state index is 0.413. The highest BCUT2D eigenvalue weighted by Gasteiger charge is 2.30. The average Bonchev–Trinajstić information content (AvgIpc) is 3.02. The second kappa shape index (κ2) is 7.79. The molecule has 25 heavy (non-hydrogen) atoms. The van der Waals surface area contributed by atoms with Crippen LogP contribution < -0.4 is 0 Å². The largest absolute Gasteiger partial charge is 0.465 e. The Bertz CT molecular complexity index is 822. The van der Waals surface area contributed by atoms with E-state index >= 15 is 0 Å². The van der Waals surface area contributed by atoms with Crippen molar-refractivity contribution in [2.45, 2.75) is 19.8 Å². The summed E-state index contributed by atoms with van der Waals surface area (Å²) in [6.45, 7) is 2.83. The van der Waals surface area contributed by atoms with Gasteiger partial charge >= 0.3 is 5.97 Å². The van der Waals surface area contributed by atoms with Crippen LogP contribution in [-0.2, 0) is 14.3 Å². The standard InChI is InChI=1S/C21H21NO3/c1-3-4-14-22-20-17-13-9-8-12-16(17)19(25-20)18(21(23)24-2)15-10-6-5-7-11-15/h5-13H,3-4,14H2,1-2H3/b19-18+,22-20?. The SMILES string of the molecule is CCCCN=C1O/C(=C(/C(=O)OC)c2ccccc2)c2ccccc21. The lowest BCUT2D eigenvalue weighted by Crippen LogP contribution is -2.07. The molecule has 0 bridgehead atoms. The second-order valence-corrected chi connectivity index (χ2v) is 5.75.